The van der Waals surface area contributed by atoms with E-state index in [-0.39, 0.29) is 12.5 Å². The Hall–Kier alpha value is -0.850. The number of aliphatic hydroxyl groups excluding tert-OH is 2. The van der Waals surface area contributed by atoms with Crippen molar-refractivity contribution >= 4 is 29.1 Å². The highest BCUT2D eigenvalue weighted by Gasteiger charge is 2.28. The van der Waals surface area contributed by atoms with Crippen LogP contribution < -0.4 is 10.6 Å². The van der Waals surface area contributed by atoms with Crippen LogP contribution in [0.2, 0.25) is 10.0 Å². The van der Waals surface area contributed by atoms with Crippen LogP contribution in [0.5, 0.6) is 0 Å². The van der Waals surface area contributed by atoms with Gasteiger partial charge in [0.05, 0.1) is 18.2 Å². The van der Waals surface area contributed by atoms with Crippen LogP contribution in [-0.4, -0.2) is 41.4 Å². The molecule has 5 nitrogen and oxygen atoms in total. The van der Waals surface area contributed by atoms with E-state index in [1.807, 2.05) is 0 Å². The fourth-order valence-electron chi connectivity index (χ4n) is 2.12. The Balaban J connectivity index is 1.88. The minimum absolute atomic E-state index is 0.0501. The molecule has 20 heavy (non-hydrogen) atoms. The number of rotatable bonds is 4. The Morgan fingerprint density at radius 1 is 1.50 bits per heavy atom. The predicted molar refractivity (Wildman–Crippen MR) is 76.8 cm³/mol. The van der Waals surface area contributed by atoms with Gasteiger partial charge >= 0.3 is 0 Å². The van der Waals surface area contributed by atoms with Crippen molar-refractivity contribution in [2.45, 2.75) is 24.7 Å². The van der Waals surface area contributed by atoms with E-state index in [0.717, 1.165) is 0 Å². The van der Waals surface area contributed by atoms with Crippen LogP contribution in [0.4, 0.5) is 0 Å². The largest absolute Gasteiger partial charge is 0.392 e. The molecule has 1 amide bonds. The lowest BCUT2D eigenvalue weighted by molar-refractivity contribution is -0.123. The smallest absolute Gasteiger partial charge is 0.237 e. The first-order valence-electron chi connectivity index (χ1n) is 6.29. The molecule has 7 heteroatoms. The summed E-state index contributed by atoms with van der Waals surface area (Å²) in [5.74, 6) is -0.245. The number of nitrogens with one attached hydrogen (secondary N) is 2. The Kier molecular flexibility index (Phi) is 5.23. The van der Waals surface area contributed by atoms with Crippen LogP contribution in [0.15, 0.2) is 18.2 Å². The first-order chi connectivity index (χ1) is 9.47. The van der Waals surface area contributed by atoms with Gasteiger partial charge in [0.15, 0.2) is 0 Å². The van der Waals surface area contributed by atoms with Crippen LogP contribution in [0, 0.1) is 0 Å². The fraction of sp³-hybridized carbons (Fsp3) is 0.462. The molecule has 110 valence electrons. The van der Waals surface area contributed by atoms with Gasteiger partial charge in [0.1, 0.15) is 0 Å². The SMILES string of the molecule is O=C(NCC(O)c1ccc(Cl)cc1Cl)C1CC(O)CN1. The minimum Gasteiger partial charge on any atom is -0.392 e. The van der Waals surface area contributed by atoms with Crippen LogP contribution in [0.25, 0.3) is 0 Å². The molecule has 0 bridgehead atoms. The number of carbonyl (C=O) groups excluding carboxylic acids is 1. The van der Waals surface area contributed by atoms with E-state index in [4.69, 9.17) is 23.2 Å². The molecule has 1 aromatic carbocycles. The summed E-state index contributed by atoms with van der Waals surface area (Å²) in [6.45, 7) is 0.456. The third kappa shape index (κ3) is 3.84. The van der Waals surface area contributed by atoms with E-state index >= 15 is 0 Å². The summed E-state index contributed by atoms with van der Waals surface area (Å²) in [4.78, 5) is 11.8. The maximum Gasteiger partial charge on any atom is 0.237 e. The second-order valence-electron chi connectivity index (χ2n) is 4.78. The summed E-state index contributed by atoms with van der Waals surface area (Å²) in [6, 6.07) is 4.37. The number of β-amino-alcohol motifs (C(OH)–C–C–N with tert-alkyl or cyclic N) is 1. The second kappa shape index (κ2) is 6.74. The number of halogens is 2. The van der Waals surface area contributed by atoms with Crippen LogP contribution in [0.1, 0.15) is 18.1 Å². The Bertz CT molecular complexity index is 499. The maximum absolute atomic E-state index is 11.8. The highest BCUT2D eigenvalue weighted by Crippen LogP contribution is 2.25. The summed E-state index contributed by atoms with van der Waals surface area (Å²) in [5.41, 5.74) is 0.510. The molecule has 0 aromatic heterocycles. The number of hydrogen-bond donors (Lipinski definition) is 4. The van der Waals surface area contributed by atoms with E-state index in [9.17, 15) is 15.0 Å². The summed E-state index contributed by atoms with van der Waals surface area (Å²) in [7, 11) is 0. The normalized spacial score (nSPS) is 23.6. The molecule has 1 heterocycles. The molecule has 2 rings (SSSR count). The fourth-order valence-corrected chi connectivity index (χ4v) is 2.65. The zero-order chi connectivity index (χ0) is 14.7. The number of carbonyl (C=O) groups is 1. The van der Waals surface area contributed by atoms with Crippen molar-refractivity contribution in [3.63, 3.8) is 0 Å². The molecule has 0 spiro atoms. The van der Waals surface area contributed by atoms with E-state index in [1.165, 1.54) is 0 Å². The van der Waals surface area contributed by atoms with Crippen LogP contribution >= 0.6 is 23.2 Å². The second-order valence-corrected chi connectivity index (χ2v) is 5.62. The van der Waals surface area contributed by atoms with E-state index in [0.29, 0.717) is 28.6 Å². The van der Waals surface area contributed by atoms with Gasteiger partial charge in [-0.15, -0.1) is 0 Å². The first-order valence-corrected chi connectivity index (χ1v) is 7.05. The molecular weight excluding hydrogens is 303 g/mol. The quantitative estimate of drug-likeness (QED) is 0.664. The number of benzene rings is 1. The highest BCUT2D eigenvalue weighted by atomic mass is 35.5. The van der Waals surface area contributed by atoms with Crippen molar-refractivity contribution < 1.29 is 15.0 Å². The lowest BCUT2D eigenvalue weighted by Gasteiger charge is -2.16. The standard InChI is InChI=1S/C13H16Cl2N2O3/c14-7-1-2-9(10(15)3-7)12(19)6-17-13(20)11-4-8(18)5-16-11/h1-3,8,11-12,16,18-19H,4-6H2,(H,17,20). The van der Waals surface area contributed by atoms with Gasteiger partial charge in [0, 0.05) is 28.7 Å². The molecule has 3 unspecified atom stereocenters. The van der Waals surface area contributed by atoms with Crippen molar-refractivity contribution in [3.05, 3.63) is 33.8 Å². The van der Waals surface area contributed by atoms with Gasteiger partial charge < -0.3 is 20.8 Å². The molecule has 0 saturated carbocycles. The topological polar surface area (TPSA) is 81.6 Å². The summed E-state index contributed by atoms with van der Waals surface area (Å²) >= 11 is 11.8. The summed E-state index contributed by atoms with van der Waals surface area (Å²) in [5, 5.41) is 25.7. The Morgan fingerprint density at radius 3 is 2.85 bits per heavy atom. The predicted octanol–water partition coefficient (Wildman–Crippen LogP) is 0.866. The lowest BCUT2D eigenvalue weighted by Crippen LogP contribution is -2.41. The first kappa shape index (κ1) is 15.5. The summed E-state index contributed by atoms with van der Waals surface area (Å²) in [6.07, 6.45) is -1.03. The van der Waals surface area contributed by atoms with Gasteiger partial charge in [0.25, 0.3) is 0 Å². The zero-order valence-corrected chi connectivity index (χ0v) is 12.2. The molecular formula is C13H16Cl2N2O3. The highest BCUT2D eigenvalue weighted by molar-refractivity contribution is 6.35. The monoisotopic (exact) mass is 318 g/mol. The average Bonchev–Trinajstić information content (AvgIpc) is 2.82. The van der Waals surface area contributed by atoms with Crippen molar-refractivity contribution in [1.82, 2.24) is 10.6 Å². The molecule has 0 aliphatic carbocycles. The van der Waals surface area contributed by atoms with E-state index in [1.54, 1.807) is 18.2 Å². The molecule has 1 fully saturated rings. The molecule has 0 radical (unpaired) electrons. The van der Waals surface area contributed by atoms with E-state index in [2.05, 4.69) is 10.6 Å². The third-order valence-electron chi connectivity index (χ3n) is 3.22. The van der Waals surface area contributed by atoms with Gasteiger partial charge in [0.2, 0.25) is 5.91 Å². The summed E-state index contributed by atoms with van der Waals surface area (Å²) < 4.78 is 0. The lowest BCUT2D eigenvalue weighted by atomic mass is 10.1. The molecule has 3 atom stereocenters. The molecule has 1 aliphatic rings. The maximum atomic E-state index is 11.8. The van der Waals surface area contributed by atoms with Crippen molar-refractivity contribution in [2.24, 2.45) is 0 Å². The average molecular weight is 319 g/mol. The minimum atomic E-state index is -0.907. The number of aliphatic hydroxyl groups is 2. The molecule has 1 saturated heterocycles. The molecule has 1 aromatic rings. The Morgan fingerprint density at radius 2 is 2.25 bits per heavy atom. The van der Waals surface area contributed by atoms with Gasteiger partial charge in [-0.3, -0.25) is 4.79 Å². The van der Waals surface area contributed by atoms with Gasteiger partial charge in [-0.2, -0.15) is 0 Å². The van der Waals surface area contributed by atoms with E-state index < -0.39 is 18.2 Å². The van der Waals surface area contributed by atoms with Crippen molar-refractivity contribution in [3.8, 4) is 0 Å². The van der Waals surface area contributed by atoms with Gasteiger partial charge in [-0.1, -0.05) is 29.3 Å². The Labute approximate surface area is 126 Å². The molecule has 1 aliphatic heterocycles. The molecule has 4 N–H and O–H groups in total. The van der Waals surface area contributed by atoms with Crippen molar-refractivity contribution in [2.75, 3.05) is 13.1 Å². The van der Waals surface area contributed by atoms with Crippen LogP contribution in [-0.2, 0) is 4.79 Å². The van der Waals surface area contributed by atoms with Crippen molar-refractivity contribution in [1.29, 1.82) is 0 Å². The van der Waals surface area contributed by atoms with Gasteiger partial charge in [-0.05, 0) is 18.6 Å². The van der Waals surface area contributed by atoms with Gasteiger partial charge in [-0.25, -0.2) is 0 Å². The third-order valence-corrected chi connectivity index (χ3v) is 3.78. The number of hydrogen-bond acceptors (Lipinski definition) is 4. The number of amides is 1. The zero-order valence-electron chi connectivity index (χ0n) is 10.6. The van der Waals surface area contributed by atoms with Crippen LogP contribution in [0.3, 0.4) is 0 Å².